The van der Waals surface area contributed by atoms with Crippen molar-refractivity contribution in [3.8, 4) is 0 Å². The third-order valence-electron chi connectivity index (χ3n) is 1.52. The lowest BCUT2D eigenvalue weighted by Gasteiger charge is -2.15. The van der Waals surface area contributed by atoms with Gasteiger partial charge in [-0.3, -0.25) is 4.98 Å². The molecule has 1 atom stereocenters. The Kier molecular flexibility index (Phi) is 2.98. The van der Waals surface area contributed by atoms with Gasteiger partial charge in [0.1, 0.15) is 0 Å². The van der Waals surface area contributed by atoms with Gasteiger partial charge in [-0.15, -0.1) is 0 Å². The minimum absolute atomic E-state index is 0.0486. The molecule has 1 rings (SSSR count). The van der Waals surface area contributed by atoms with Gasteiger partial charge in [-0.1, -0.05) is 6.07 Å². The van der Waals surface area contributed by atoms with Crippen molar-refractivity contribution in [1.82, 2.24) is 4.98 Å². The summed E-state index contributed by atoms with van der Waals surface area (Å²) in [4.78, 5) is 0.347. The van der Waals surface area contributed by atoms with Crippen LogP contribution >= 0.6 is 15.9 Å². The Balaban J connectivity index is 2.90. The second kappa shape index (κ2) is 3.67. The van der Waals surface area contributed by atoms with Gasteiger partial charge in [0.25, 0.3) is 0 Å². The Morgan fingerprint density at radius 3 is 2.54 bits per heavy atom. The second-order valence-corrected chi connectivity index (χ2v) is 3.76. The zero-order valence-corrected chi connectivity index (χ0v) is 8.42. The fourth-order valence-electron chi connectivity index (χ4n) is 0.809. The Bertz CT molecular complexity index is 283. The van der Waals surface area contributed by atoms with Crippen LogP contribution in [0.5, 0.6) is 0 Å². The summed E-state index contributed by atoms with van der Waals surface area (Å²) in [5.74, 6) is 0. The summed E-state index contributed by atoms with van der Waals surface area (Å²) in [6, 6.07) is 2.99. The topological polar surface area (TPSA) is 33.1 Å². The molecule has 0 aliphatic carbocycles. The molecule has 1 N–H and O–H groups in total. The number of halogens is 3. The summed E-state index contributed by atoms with van der Waals surface area (Å²) < 4.78 is 25.1. The number of alkyl halides is 3. The normalized spacial score (nSPS) is 14.2. The number of hydrogen-bond donors (Lipinski definition) is 1. The fourth-order valence-corrected chi connectivity index (χ4v) is 1.04. The molecule has 1 aromatic heterocycles. The summed E-state index contributed by atoms with van der Waals surface area (Å²) in [5.41, 5.74) is 0.807. The first-order valence-electron chi connectivity index (χ1n) is 3.58. The third kappa shape index (κ3) is 2.70. The van der Waals surface area contributed by atoms with Crippen LogP contribution in [0.3, 0.4) is 0 Å². The van der Waals surface area contributed by atoms with Gasteiger partial charge in [0, 0.05) is 6.20 Å². The van der Waals surface area contributed by atoms with E-state index < -0.39 is 10.9 Å². The number of aliphatic hydroxyl groups excluding tert-OH is 1. The largest absolute Gasteiger partial charge is 0.380 e. The van der Waals surface area contributed by atoms with Crippen LogP contribution in [0.2, 0.25) is 0 Å². The Hall–Kier alpha value is -0.550. The standard InChI is InChI=1S/C8H8BrF2NO/c1-5-2-3-6(12-4-5)7(13)8(9,10)11/h2-4,7,13H,1H3. The molecule has 0 aliphatic rings. The summed E-state index contributed by atoms with van der Waals surface area (Å²) in [5, 5.41) is 9.09. The van der Waals surface area contributed by atoms with E-state index in [2.05, 4.69) is 20.9 Å². The highest BCUT2D eigenvalue weighted by Gasteiger charge is 2.36. The van der Waals surface area contributed by atoms with Gasteiger partial charge in [-0.25, -0.2) is 0 Å². The highest BCUT2D eigenvalue weighted by Crippen LogP contribution is 2.35. The molecule has 0 radical (unpaired) electrons. The molecule has 0 aromatic carbocycles. The fraction of sp³-hybridized carbons (Fsp3) is 0.375. The van der Waals surface area contributed by atoms with Gasteiger partial charge in [0.2, 0.25) is 0 Å². The van der Waals surface area contributed by atoms with Gasteiger partial charge < -0.3 is 5.11 Å². The lowest BCUT2D eigenvalue weighted by atomic mass is 10.2. The van der Waals surface area contributed by atoms with Crippen LogP contribution in [0, 0.1) is 6.92 Å². The number of aliphatic hydroxyl groups is 1. The number of hydrogen-bond acceptors (Lipinski definition) is 2. The van der Waals surface area contributed by atoms with Crippen LogP contribution < -0.4 is 0 Å². The zero-order valence-electron chi connectivity index (χ0n) is 6.84. The minimum atomic E-state index is -3.34. The highest BCUT2D eigenvalue weighted by molar-refractivity contribution is 9.10. The van der Waals surface area contributed by atoms with Crippen LogP contribution in [0.1, 0.15) is 17.4 Å². The molecule has 1 unspecified atom stereocenters. The first-order valence-corrected chi connectivity index (χ1v) is 4.38. The van der Waals surface area contributed by atoms with E-state index in [4.69, 9.17) is 5.11 Å². The lowest BCUT2D eigenvalue weighted by molar-refractivity contribution is -0.0317. The molecule has 0 fully saturated rings. The Morgan fingerprint density at radius 1 is 1.54 bits per heavy atom. The smallest absolute Gasteiger partial charge is 0.332 e. The predicted molar refractivity (Wildman–Crippen MR) is 47.8 cm³/mol. The van der Waals surface area contributed by atoms with E-state index in [-0.39, 0.29) is 5.69 Å². The number of nitrogens with zero attached hydrogens (tertiary/aromatic N) is 1. The second-order valence-electron chi connectivity index (χ2n) is 2.70. The quantitative estimate of drug-likeness (QED) is 0.820. The van der Waals surface area contributed by atoms with E-state index in [1.54, 1.807) is 13.0 Å². The van der Waals surface area contributed by atoms with Crippen LogP contribution in [-0.4, -0.2) is 14.9 Å². The third-order valence-corrected chi connectivity index (χ3v) is 1.96. The molecule has 0 amide bonds. The van der Waals surface area contributed by atoms with Crippen molar-refractivity contribution >= 4 is 15.9 Å². The number of rotatable bonds is 2. The van der Waals surface area contributed by atoms with E-state index in [1.165, 1.54) is 12.3 Å². The number of aromatic nitrogens is 1. The molecule has 1 aromatic rings. The SMILES string of the molecule is Cc1ccc(C(O)C(F)(F)Br)nc1. The summed E-state index contributed by atoms with van der Waals surface area (Å²) in [7, 11) is 0. The van der Waals surface area contributed by atoms with Crippen molar-refractivity contribution in [3.63, 3.8) is 0 Å². The van der Waals surface area contributed by atoms with Crippen molar-refractivity contribution in [2.24, 2.45) is 0 Å². The van der Waals surface area contributed by atoms with Gasteiger partial charge in [0.05, 0.1) is 5.69 Å². The molecule has 0 spiro atoms. The van der Waals surface area contributed by atoms with Crippen LogP contribution in [0.4, 0.5) is 8.78 Å². The average molecular weight is 252 g/mol. The van der Waals surface area contributed by atoms with Crippen molar-refractivity contribution in [3.05, 3.63) is 29.6 Å². The van der Waals surface area contributed by atoms with E-state index >= 15 is 0 Å². The molecule has 1 heterocycles. The maximum absolute atomic E-state index is 12.5. The van der Waals surface area contributed by atoms with Gasteiger partial charge in [-0.2, -0.15) is 8.78 Å². The number of aryl methyl sites for hydroxylation is 1. The van der Waals surface area contributed by atoms with Gasteiger partial charge in [0.15, 0.2) is 6.10 Å². The molecule has 0 saturated carbocycles. The van der Waals surface area contributed by atoms with Crippen LogP contribution in [0.15, 0.2) is 18.3 Å². The van der Waals surface area contributed by atoms with E-state index in [1.807, 2.05) is 0 Å². The highest BCUT2D eigenvalue weighted by atomic mass is 79.9. The molecule has 0 aliphatic heterocycles. The van der Waals surface area contributed by atoms with Gasteiger partial charge in [-0.05, 0) is 34.5 Å². The summed E-state index contributed by atoms with van der Waals surface area (Å²) >= 11 is 2.08. The van der Waals surface area contributed by atoms with Crippen molar-refractivity contribution < 1.29 is 13.9 Å². The maximum Gasteiger partial charge on any atom is 0.332 e. The molecule has 72 valence electrons. The maximum atomic E-state index is 12.5. The summed E-state index contributed by atoms with van der Waals surface area (Å²) in [6.07, 6.45) is -0.481. The lowest BCUT2D eigenvalue weighted by Crippen LogP contribution is -2.19. The van der Waals surface area contributed by atoms with Crippen molar-refractivity contribution in [2.75, 3.05) is 0 Å². The molecular weight excluding hydrogens is 244 g/mol. The number of pyridine rings is 1. The van der Waals surface area contributed by atoms with Crippen molar-refractivity contribution in [2.45, 2.75) is 17.9 Å². The minimum Gasteiger partial charge on any atom is -0.380 e. The van der Waals surface area contributed by atoms with Gasteiger partial charge >= 0.3 is 4.83 Å². The van der Waals surface area contributed by atoms with Crippen LogP contribution in [0.25, 0.3) is 0 Å². The first-order chi connectivity index (χ1) is 5.91. The molecule has 0 bridgehead atoms. The predicted octanol–water partition coefficient (Wildman–Crippen LogP) is 2.41. The van der Waals surface area contributed by atoms with Crippen LogP contribution in [-0.2, 0) is 0 Å². The summed E-state index contributed by atoms with van der Waals surface area (Å²) in [6.45, 7) is 1.79. The molecule has 13 heavy (non-hydrogen) atoms. The average Bonchev–Trinajstić information content (AvgIpc) is 2.03. The molecule has 5 heteroatoms. The Labute approximate surface area is 82.7 Å². The van der Waals surface area contributed by atoms with E-state index in [0.717, 1.165) is 5.56 Å². The molecular formula is C8H8BrF2NO. The molecule has 2 nitrogen and oxygen atoms in total. The monoisotopic (exact) mass is 251 g/mol. The van der Waals surface area contributed by atoms with E-state index in [9.17, 15) is 8.78 Å². The van der Waals surface area contributed by atoms with Crippen molar-refractivity contribution in [1.29, 1.82) is 0 Å². The van der Waals surface area contributed by atoms with E-state index in [0.29, 0.717) is 0 Å². The molecule has 0 saturated heterocycles. The first kappa shape index (κ1) is 10.5. The zero-order chi connectivity index (χ0) is 10.1. The Morgan fingerprint density at radius 2 is 2.15 bits per heavy atom.